The van der Waals surface area contributed by atoms with Gasteiger partial charge in [-0.05, 0) is 42.5 Å². The number of anilines is 3. The van der Waals surface area contributed by atoms with Gasteiger partial charge in [0.15, 0.2) is 30.5 Å². The maximum absolute atomic E-state index is 14.6. The van der Waals surface area contributed by atoms with E-state index >= 15 is 0 Å². The average Bonchev–Trinajstić information content (AvgIpc) is 3.19. The third-order valence-corrected chi connectivity index (χ3v) is 5.86. The van der Waals surface area contributed by atoms with Crippen molar-refractivity contribution in [1.82, 2.24) is 14.8 Å². The van der Waals surface area contributed by atoms with E-state index in [1.54, 1.807) is 0 Å². The van der Waals surface area contributed by atoms with Crippen molar-refractivity contribution in [2.75, 3.05) is 23.9 Å². The molecule has 0 fully saturated rings. The zero-order valence-corrected chi connectivity index (χ0v) is 15.8. The Bertz CT molecular complexity index is 1080. The second-order valence-electron chi connectivity index (χ2n) is 6.99. The van der Waals surface area contributed by atoms with E-state index < -0.39 is 13.2 Å². The fourth-order valence-corrected chi connectivity index (χ4v) is 4.04. The Morgan fingerprint density at radius 2 is 2.22 bits per heavy atom. The number of nitrogens with zero attached hydrogens (tertiary/aromatic N) is 3. The van der Waals surface area contributed by atoms with Crippen molar-refractivity contribution in [3.63, 3.8) is 0 Å². The highest BCUT2D eigenvalue weighted by Crippen LogP contribution is 2.36. The normalized spacial score (nSPS) is 15.7. The van der Waals surface area contributed by atoms with Gasteiger partial charge in [0.05, 0.1) is 11.9 Å². The molecule has 1 atom stereocenters. The third kappa shape index (κ3) is 3.55. The first-order chi connectivity index (χ1) is 12.8. The molecular formula is C18H21FN5O2P. The molecule has 9 heteroatoms. The van der Waals surface area contributed by atoms with Crippen molar-refractivity contribution in [2.45, 2.75) is 25.8 Å². The number of fused-ring (bicyclic) bond motifs is 2. The van der Waals surface area contributed by atoms with E-state index in [0.29, 0.717) is 11.0 Å². The molecule has 0 saturated heterocycles. The Balaban J connectivity index is 1.72. The van der Waals surface area contributed by atoms with Crippen molar-refractivity contribution in [1.29, 1.82) is 0 Å². The summed E-state index contributed by atoms with van der Waals surface area (Å²) in [5, 5.41) is 7.64. The van der Waals surface area contributed by atoms with Crippen LogP contribution in [0.3, 0.4) is 0 Å². The monoisotopic (exact) mass is 389 g/mol. The molecule has 0 spiro atoms. The molecule has 27 heavy (non-hydrogen) atoms. The number of pyridine rings is 1. The topological polar surface area (TPSA) is 106 Å². The lowest BCUT2D eigenvalue weighted by Gasteiger charge is -2.12. The fourth-order valence-electron chi connectivity index (χ4n) is 3.48. The van der Waals surface area contributed by atoms with Crippen LogP contribution in [0, 0.1) is 5.82 Å². The van der Waals surface area contributed by atoms with E-state index in [0.717, 1.165) is 24.9 Å². The minimum Gasteiger partial charge on any atom is -0.382 e. The molecule has 0 radical (unpaired) electrons. The van der Waals surface area contributed by atoms with Gasteiger partial charge in [-0.15, -0.1) is 0 Å². The predicted molar refractivity (Wildman–Crippen MR) is 104 cm³/mol. The summed E-state index contributed by atoms with van der Waals surface area (Å²) in [4.78, 5) is 13.9. The first-order valence-corrected chi connectivity index (χ1v) is 11.1. The van der Waals surface area contributed by atoms with Crippen molar-refractivity contribution >= 4 is 35.7 Å². The van der Waals surface area contributed by atoms with Gasteiger partial charge >= 0.3 is 0 Å². The summed E-state index contributed by atoms with van der Waals surface area (Å²) in [6.45, 7) is 1.47. The van der Waals surface area contributed by atoms with Gasteiger partial charge in [0.25, 0.3) is 0 Å². The summed E-state index contributed by atoms with van der Waals surface area (Å²) in [7, 11) is -3.20. The molecule has 0 amide bonds. The molecule has 0 saturated carbocycles. The van der Waals surface area contributed by atoms with E-state index in [1.807, 2.05) is 12.1 Å². The van der Waals surface area contributed by atoms with Gasteiger partial charge in [-0.25, -0.2) is 14.1 Å². The molecule has 4 N–H and O–H groups in total. The summed E-state index contributed by atoms with van der Waals surface area (Å²) in [5.74, 6) is -0.285. The lowest BCUT2D eigenvalue weighted by atomic mass is 10.1. The van der Waals surface area contributed by atoms with E-state index in [2.05, 4.69) is 21.5 Å². The number of rotatable bonds is 5. The SMILES string of the molecule is CP(=O)(O)CCn1nc(N)c2cc(F)c(Nc3cccc4c3CCC4)nc21. The Labute approximate surface area is 155 Å². The maximum atomic E-state index is 14.6. The summed E-state index contributed by atoms with van der Waals surface area (Å²) in [5.41, 5.74) is 9.58. The number of aryl methyl sites for hydroxylation is 2. The number of benzene rings is 1. The second kappa shape index (κ2) is 6.62. The number of hydrogen-bond acceptors (Lipinski definition) is 5. The van der Waals surface area contributed by atoms with Crippen molar-refractivity contribution in [3.05, 3.63) is 41.2 Å². The van der Waals surface area contributed by atoms with Crippen LogP contribution >= 0.6 is 7.37 Å². The molecule has 2 heterocycles. The van der Waals surface area contributed by atoms with Gasteiger partial charge < -0.3 is 15.9 Å². The minimum atomic E-state index is -3.20. The van der Waals surface area contributed by atoms with Crippen molar-refractivity contribution in [2.24, 2.45) is 0 Å². The lowest BCUT2D eigenvalue weighted by Crippen LogP contribution is -2.07. The summed E-state index contributed by atoms with van der Waals surface area (Å²) in [6.07, 6.45) is 3.11. The largest absolute Gasteiger partial charge is 0.382 e. The molecule has 1 aliphatic rings. The van der Waals surface area contributed by atoms with Crippen molar-refractivity contribution in [3.8, 4) is 0 Å². The molecule has 142 valence electrons. The molecular weight excluding hydrogens is 368 g/mol. The predicted octanol–water partition coefficient (Wildman–Crippen LogP) is 3.29. The molecule has 2 aromatic heterocycles. The number of aromatic nitrogens is 3. The number of nitrogen functional groups attached to an aromatic ring is 1. The maximum Gasteiger partial charge on any atom is 0.199 e. The Morgan fingerprint density at radius 1 is 1.41 bits per heavy atom. The molecule has 3 aromatic rings. The second-order valence-corrected chi connectivity index (χ2v) is 9.54. The van der Waals surface area contributed by atoms with Crippen LogP contribution in [0.2, 0.25) is 0 Å². The highest BCUT2D eigenvalue weighted by Gasteiger charge is 2.19. The number of halogens is 1. The first-order valence-electron chi connectivity index (χ1n) is 8.81. The van der Waals surface area contributed by atoms with Crippen LogP contribution in [0.25, 0.3) is 11.0 Å². The molecule has 7 nitrogen and oxygen atoms in total. The summed E-state index contributed by atoms with van der Waals surface area (Å²) in [6, 6.07) is 7.26. The molecule has 4 rings (SSSR count). The third-order valence-electron chi connectivity index (χ3n) is 4.83. The van der Waals surface area contributed by atoms with Gasteiger partial charge in [-0.3, -0.25) is 4.57 Å². The molecule has 1 aliphatic carbocycles. The number of hydrogen-bond donors (Lipinski definition) is 3. The van der Waals surface area contributed by atoms with E-state index in [1.165, 1.54) is 28.5 Å². The first kappa shape index (κ1) is 17.9. The molecule has 1 aromatic carbocycles. The van der Waals surface area contributed by atoms with E-state index in [9.17, 15) is 13.8 Å². The van der Waals surface area contributed by atoms with Gasteiger partial charge in [0.2, 0.25) is 0 Å². The average molecular weight is 389 g/mol. The minimum absolute atomic E-state index is 0.0389. The number of nitrogens with two attached hydrogens (primary N) is 1. The van der Waals surface area contributed by atoms with Crippen molar-refractivity contribution < 1.29 is 13.8 Å². The van der Waals surface area contributed by atoms with Crippen LogP contribution in [0.1, 0.15) is 17.5 Å². The molecule has 1 unspecified atom stereocenters. The van der Waals surface area contributed by atoms with Gasteiger partial charge in [0.1, 0.15) is 0 Å². The van der Waals surface area contributed by atoms with Crippen LogP contribution in [0.15, 0.2) is 24.3 Å². The lowest BCUT2D eigenvalue weighted by molar-refractivity contribution is 0.478. The smallest absolute Gasteiger partial charge is 0.199 e. The van der Waals surface area contributed by atoms with Gasteiger partial charge in [-0.1, -0.05) is 12.1 Å². The van der Waals surface area contributed by atoms with Crippen LogP contribution in [0.5, 0.6) is 0 Å². The van der Waals surface area contributed by atoms with E-state index in [4.69, 9.17) is 5.73 Å². The zero-order valence-electron chi connectivity index (χ0n) is 14.9. The van der Waals surface area contributed by atoms with Crippen LogP contribution in [0.4, 0.5) is 21.7 Å². The Morgan fingerprint density at radius 3 is 3.00 bits per heavy atom. The highest BCUT2D eigenvalue weighted by molar-refractivity contribution is 7.57. The Kier molecular flexibility index (Phi) is 4.40. The molecule has 0 bridgehead atoms. The van der Waals surface area contributed by atoms with E-state index in [-0.39, 0.29) is 24.3 Å². The highest BCUT2D eigenvalue weighted by atomic mass is 31.2. The quantitative estimate of drug-likeness (QED) is 0.578. The Hall–Kier alpha value is -2.44. The molecule has 0 aliphatic heterocycles. The van der Waals surface area contributed by atoms with Crippen LogP contribution in [-0.2, 0) is 24.0 Å². The van der Waals surface area contributed by atoms with Crippen LogP contribution in [-0.4, -0.2) is 32.5 Å². The number of nitrogens with one attached hydrogen (secondary N) is 1. The zero-order chi connectivity index (χ0) is 19.2. The fraction of sp³-hybridized carbons (Fsp3) is 0.333. The summed E-state index contributed by atoms with van der Waals surface area (Å²) < 4.78 is 27.7. The van der Waals surface area contributed by atoms with Crippen LogP contribution < -0.4 is 11.1 Å². The van der Waals surface area contributed by atoms with Gasteiger partial charge in [0, 0.05) is 18.5 Å². The summed E-state index contributed by atoms with van der Waals surface area (Å²) >= 11 is 0. The standard InChI is InChI=1S/C18H21FN5O2P/c1-27(25,26)9-8-24-18-13(16(20)23-24)10-14(19)17(22-18)21-15-7-3-5-11-4-2-6-12(11)15/h3,5,7,10H,2,4,6,8-9H2,1H3,(H2,20,23)(H,21,22)(H,25,26). The van der Waals surface area contributed by atoms with Gasteiger partial charge in [-0.2, -0.15) is 5.10 Å².